The summed E-state index contributed by atoms with van der Waals surface area (Å²) in [5.74, 6) is 0.561. The quantitative estimate of drug-likeness (QED) is 0.907. The van der Waals surface area contributed by atoms with Crippen molar-refractivity contribution in [1.82, 2.24) is 20.0 Å². The van der Waals surface area contributed by atoms with Crippen molar-refractivity contribution < 1.29 is 4.79 Å². The van der Waals surface area contributed by atoms with E-state index >= 15 is 0 Å². The first-order chi connectivity index (χ1) is 10.1. The topological polar surface area (TPSA) is 50.2 Å². The van der Waals surface area contributed by atoms with E-state index in [1.807, 2.05) is 31.3 Å². The molecule has 1 N–H and O–H groups in total. The molecule has 3 atom stereocenters. The number of rotatable bonds is 2. The Hall–Kier alpha value is -1.88. The number of aromatic nitrogens is 2. The fourth-order valence-corrected chi connectivity index (χ4v) is 3.97. The first-order valence-electron chi connectivity index (χ1n) is 7.56. The van der Waals surface area contributed by atoms with Gasteiger partial charge in [0, 0.05) is 31.1 Å². The summed E-state index contributed by atoms with van der Waals surface area (Å²) in [4.78, 5) is 15.0. The molecule has 3 unspecified atom stereocenters. The highest BCUT2D eigenvalue weighted by Gasteiger charge is 2.43. The number of hydrogen-bond donors (Lipinski definition) is 1. The monoisotopic (exact) mass is 284 g/mol. The highest BCUT2D eigenvalue weighted by molar-refractivity contribution is 6.04. The van der Waals surface area contributed by atoms with Gasteiger partial charge in [0.2, 0.25) is 0 Å². The Labute approximate surface area is 123 Å². The summed E-state index contributed by atoms with van der Waals surface area (Å²) in [6.45, 7) is 1.10. The molecule has 1 amide bonds. The van der Waals surface area contributed by atoms with Crippen LogP contribution in [-0.2, 0) is 7.05 Å². The number of nitrogens with zero attached hydrogens (tertiary/aromatic N) is 3. The Bertz CT molecular complexity index is 705. The molecule has 1 aromatic heterocycles. The summed E-state index contributed by atoms with van der Waals surface area (Å²) in [5.41, 5.74) is 1.54. The molecule has 2 aromatic rings. The van der Waals surface area contributed by atoms with E-state index in [-0.39, 0.29) is 5.91 Å². The van der Waals surface area contributed by atoms with Crippen LogP contribution in [0.2, 0.25) is 0 Å². The van der Waals surface area contributed by atoms with E-state index in [1.165, 1.54) is 6.42 Å². The molecular weight excluding hydrogens is 264 g/mol. The zero-order valence-electron chi connectivity index (χ0n) is 12.4. The van der Waals surface area contributed by atoms with E-state index in [0.29, 0.717) is 23.7 Å². The lowest BCUT2D eigenvalue weighted by Crippen LogP contribution is -2.44. The fourth-order valence-electron chi connectivity index (χ4n) is 3.97. The zero-order chi connectivity index (χ0) is 14.6. The zero-order valence-corrected chi connectivity index (χ0v) is 12.4. The molecular formula is C16H20N4O. The Kier molecular flexibility index (Phi) is 2.79. The van der Waals surface area contributed by atoms with Gasteiger partial charge in [0.05, 0.1) is 5.52 Å². The Balaban J connectivity index is 1.58. The lowest BCUT2D eigenvalue weighted by atomic mass is 10.0. The highest BCUT2D eigenvalue weighted by Crippen LogP contribution is 2.36. The van der Waals surface area contributed by atoms with Gasteiger partial charge in [0.25, 0.3) is 5.91 Å². The van der Waals surface area contributed by atoms with Crippen LogP contribution >= 0.6 is 0 Å². The van der Waals surface area contributed by atoms with Gasteiger partial charge in [-0.25, -0.2) is 0 Å². The number of nitrogens with one attached hydrogen (secondary N) is 1. The summed E-state index contributed by atoms with van der Waals surface area (Å²) in [7, 11) is 4.06. The number of amides is 1. The van der Waals surface area contributed by atoms with Gasteiger partial charge in [0.15, 0.2) is 5.69 Å². The van der Waals surface area contributed by atoms with Crippen LogP contribution in [-0.4, -0.2) is 46.3 Å². The normalized spacial score (nSPS) is 28.4. The summed E-state index contributed by atoms with van der Waals surface area (Å²) in [5, 5.41) is 8.54. The Morgan fingerprint density at radius 1 is 1.29 bits per heavy atom. The van der Waals surface area contributed by atoms with Gasteiger partial charge in [-0.05, 0) is 31.9 Å². The first kappa shape index (κ1) is 12.8. The lowest BCUT2D eigenvalue weighted by Gasteiger charge is -2.28. The number of benzene rings is 1. The van der Waals surface area contributed by atoms with Gasteiger partial charge in [-0.15, -0.1) is 0 Å². The number of piperidine rings is 1. The minimum Gasteiger partial charge on any atom is -0.348 e. The van der Waals surface area contributed by atoms with E-state index in [2.05, 4.69) is 22.4 Å². The van der Waals surface area contributed by atoms with Gasteiger partial charge >= 0.3 is 0 Å². The van der Waals surface area contributed by atoms with Crippen molar-refractivity contribution in [3.05, 3.63) is 30.0 Å². The summed E-state index contributed by atoms with van der Waals surface area (Å²) in [6.07, 6.45) is 2.28. The Morgan fingerprint density at radius 2 is 2.10 bits per heavy atom. The minimum absolute atomic E-state index is 0.0352. The molecule has 110 valence electrons. The van der Waals surface area contributed by atoms with Crippen molar-refractivity contribution in [2.24, 2.45) is 13.0 Å². The molecule has 5 nitrogen and oxygen atoms in total. The molecule has 1 saturated carbocycles. The van der Waals surface area contributed by atoms with E-state index in [1.54, 1.807) is 4.68 Å². The molecule has 2 fully saturated rings. The van der Waals surface area contributed by atoms with Crippen LogP contribution in [0.4, 0.5) is 0 Å². The number of likely N-dealkylation sites (tertiary alicyclic amines) is 1. The molecule has 21 heavy (non-hydrogen) atoms. The number of aryl methyl sites for hydroxylation is 1. The molecule has 4 rings (SSSR count). The average molecular weight is 284 g/mol. The first-order valence-corrected chi connectivity index (χ1v) is 7.56. The third kappa shape index (κ3) is 1.95. The molecule has 2 aliphatic rings. The summed E-state index contributed by atoms with van der Waals surface area (Å²) in [6, 6.07) is 8.82. The summed E-state index contributed by atoms with van der Waals surface area (Å²) >= 11 is 0. The van der Waals surface area contributed by atoms with E-state index in [4.69, 9.17) is 0 Å². The molecule has 0 spiro atoms. The second-order valence-electron chi connectivity index (χ2n) is 6.39. The maximum atomic E-state index is 12.6. The van der Waals surface area contributed by atoms with Gasteiger partial charge in [-0.2, -0.15) is 5.10 Å². The minimum atomic E-state index is -0.0352. The standard InChI is InChI=1S/C16H20N4O/c1-19-9-10-7-11(19)8-13(10)17-16(21)15-12-5-3-4-6-14(12)20(2)18-15/h3-6,10-11,13H,7-9H2,1-2H3,(H,17,21). The van der Waals surface area contributed by atoms with Gasteiger partial charge in [-0.1, -0.05) is 18.2 Å². The molecule has 1 aliphatic carbocycles. The van der Waals surface area contributed by atoms with E-state index in [9.17, 15) is 4.79 Å². The SMILES string of the molecule is CN1CC2CC1CC2NC(=O)c1nn(C)c2ccccc12. The van der Waals surface area contributed by atoms with Crippen LogP contribution in [0.25, 0.3) is 10.9 Å². The summed E-state index contributed by atoms with van der Waals surface area (Å²) < 4.78 is 1.78. The lowest BCUT2D eigenvalue weighted by molar-refractivity contribution is 0.0908. The fraction of sp³-hybridized carbons (Fsp3) is 0.500. The molecule has 0 radical (unpaired) electrons. The number of carbonyl (C=O) groups excluding carboxylic acids is 1. The van der Waals surface area contributed by atoms with Crippen molar-refractivity contribution in [3.63, 3.8) is 0 Å². The van der Waals surface area contributed by atoms with Crippen LogP contribution in [0.3, 0.4) is 0 Å². The van der Waals surface area contributed by atoms with Gasteiger partial charge in [0.1, 0.15) is 0 Å². The number of para-hydroxylation sites is 1. The number of hydrogen-bond acceptors (Lipinski definition) is 3. The molecule has 1 aliphatic heterocycles. The van der Waals surface area contributed by atoms with Crippen LogP contribution in [0.5, 0.6) is 0 Å². The molecule has 2 heterocycles. The van der Waals surface area contributed by atoms with Crippen molar-refractivity contribution in [2.75, 3.05) is 13.6 Å². The van der Waals surface area contributed by atoms with Gasteiger partial charge in [-0.3, -0.25) is 9.48 Å². The molecule has 2 bridgehead atoms. The second-order valence-corrected chi connectivity index (χ2v) is 6.39. The van der Waals surface area contributed by atoms with Crippen LogP contribution < -0.4 is 5.32 Å². The largest absolute Gasteiger partial charge is 0.348 e. The van der Waals surface area contributed by atoms with Gasteiger partial charge < -0.3 is 10.2 Å². The predicted octanol–water partition coefficient (Wildman–Crippen LogP) is 1.40. The highest BCUT2D eigenvalue weighted by atomic mass is 16.2. The molecule has 1 saturated heterocycles. The van der Waals surface area contributed by atoms with E-state index in [0.717, 1.165) is 23.9 Å². The Morgan fingerprint density at radius 3 is 2.81 bits per heavy atom. The predicted molar refractivity (Wildman–Crippen MR) is 81.1 cm³/mol. The van der Waals surface area contributed by atoms with Crippen molar-refractivity contribution in [1.29, 1.82) is 0 Å². The number of carbonyl (C=O) groups is 1. The van der Waals surface area contributed by atoms with Crippen LogP contribution in [0.15, 0.2) is 24.3 Å². The van der Waals surface area contributed by atoms with Crippen LogP contribution in [0.1, 0.15) is 23.3 Å². The average Bonchev–Trinajstić information content (AvgIpc) is 3.12. The third-order valence-electron chi connectivity index (χ3n) is 5.11. The maximum absolute atomic E-state index is 12.6. The molecule has 5 heteroatoms. The number of fused-ring (bicyclic) bond motifs is 3. The van der Waals surface area contributed by atoms with Crippen molar-refractivity contribution in [2.45, 2.75) is 24.9 Å². The third-order valence-corrected chi connectivity index (χ3v) is 5.11. The molecule has 1 aromatic carbocycles. The van der Waals surface area contributed by atoms with Crippen molar-refractivity contribution in [3.8, 4) is 0 Å². The van der Waals surface area contributed by atoms with Crippen molar-refractivity contribution >= 4 is 16.8 Å². The van der Waals surface area contributed by atoms with E-state index < -0.39 is 0 Å². The van der Waals surface area contributed by atoms with Crippen LogP contribution in [0, 0.1) is 5.92 Å². The smallest absolute Gasteiger partial charge is 0.272 e. The second kappa shape index (κ2) is 4.56. The maximum Gasteiger partial charge on any atom is 0.272 e.